The fourth-order valence-electron chi connectivity index (χ4n) is 2.32. The minimum Gasteiger partial charge on any atom is -0.497 e. The van der Waals surface area contributed by atoms with Gasteiger partial charge in [-0.1, -0.05) is 26.0 Å². The van der Waals surface area contributed by atoms with Crippen LogP contribution < -0.4 is 10.1 Å². The molecule has 0 aliphatic heterocycles. The van der Waals surface area contributed by atoms with E-state index in [0.717, 1.165) is 18.7 Å². The van der Waals surface area contributed by atoms with E-state index in [4.69, 9.17) is 4.74 Å². The summed E-state index contributed by atoms with van der Waals surface area (Å²) in [4.78, 5) is 0. The van der Waals surface area contributed by atoms with Crippen molar-refractivity contribution in [2.45, 2.75) is 39.7 Å². The Bertz CT molecular complexity index is 324. The Kier molecular flexibility index (Phi) is 6.06. The molecule has 0 spiro atoms. The molecule has 1 aromatic rings. The quantitative estimate of drug-likeness (QED) is 0.783. The molecule has 0 radical (unpaired) electrons. The molecule has 17 heavy (non-hydrogen) atoms. The van der Waals surface area contributed by atoms with E-state index in [2.05, 4.69) is 44.3 Å². The average Bonchev–Trinajstić information content (AvgIpc) is 2.29. The molecule has 0 saturated carbocycles. The monoisotopic (exact) mass is 235 g/mol. The first kappa shape index (κ1) is 14.0. The van der Waals surface area contributed by atoms with Crippen LogP contribution in [-0.2, 0) is 6.42 Å². The van der Waals surface area contributed by atoms with Gasteiger partial charge in [-0.15, -0.1) is 0 Å². The first-order valence-electron chi connectivity index (χ1n) is 6.52. The smallest absolute Gasteiger partial charge is 0.119 e. The highest BCUT2D eigenvalue weighted by Crippen LogP contribution is 2.18. The molecule has 0 bridgehead atoms. The van der Waals surface area contributed by atoms with Gasteiger partial charge in [0.2, 0.25) is 0 Å². The van der Waals surface area contributed by atoms with Gasteiger partial charge in [0.05, 0.1) is 7.11 Å². The van der Waals surface area contributed by atoms with Crippen LogP contribution in [0.15, 0.2) is 24.3 Å². The Balaban J connectivity index is 2.46. The lowest BCUT2D eigenvalue weighted by atomic mass is 9.95. The Hall–Kier alpha value is -1.02. The zero-order chi connectivity index (χ0) is 12.7. The second-order valence-electron chi connectivity index (χ2n) is 4.86. The summed E-state index contributed by atoms with van der Waals surface area (Å²) in [5, 5.41) is 3.46. The van der Waals surface area contributed by atoms with Crippen molar-refractivity contribution in [3.63, 3.8) is 0 Å². The third-order valence-corrected chi connectivity index (χ3v) is 3.03. The second-order valence-corrected chi connectivity index (χ2v) is 4.86. The Morgan fingerprint density at radius 1 is 1.29 bits per heavy atom. The maximum absolute atomic E-state index is 5.24. The van der Waals surface area contributed by atoms with Gasteiger partial charge in [0.15, 0.2) is 0 Å². The molecule has 1 aromatic carbocycles. The highest BCUT2D eigenvalue weighted by molar-refractivity contribution is 5.28. The zero-order valence-electron chi connectivity index (χ0n) is 11.5. The maximum atomic E-state index is 5.24. The van der Waals surface area contributed by atoms with E-state index in [-0.39, 0.29) is 0 Å². The van der Waals surface area contributed by atoms with Crippen molar-refractivity contribution in [3.8, 4) is 5.75 Å². The highest BCUT2D eigenvalue weighted by atomic mass is 16.5. The zero-order valence-corrected chi connectivity index (χ0v) is 11.5. The molecular weight excluding hydrogens is 210 g/mol. The van der Waals surface area contributed by atoms with Gasteiger partial charge < -0.3 is 10.1 Å². The van der Waals surface area contributed by atoms with Crippen molar-refractivity contribution >= 4 is 0 Å². The van der Waals surface area contributed by atoms with Gasteiger partial charge in [0.1, 0.15) is 5.75 Å². The molecule has 2 heteroatoms. The van der Waals surface area contributed by atoms with E-state index in [1.807, 2.05) is 6.07 Å². The van der Waals surface area contributed by atoms with Gasteiger partial charge in [-0.3, -0.25) is 0 Å². The molecule has 0 saturated heterocycles. The van der Waals surface area contributed by atoms with Gasteiger partial charge in [-0.2, -0.15) is 0 Å². The number of hydrogen-bond donors (Lipinski definition) is 1. The van der Waals surface area contributed by atoms with Crippen LogP contribution in [0.5, 0.6) is 5.75 Å². The van der Waals surface area contributed by atoms with E-state index < -0.39 is 0 Å². The molecule has 2 atom stereocenters. The van der Waals surface area contributed by atoms with Crippen LogP contribution >= 0.6 is 0 Å². The third-order valence-electron chi connectivity index (χ3n) is 3.03. The van der Waals surface area contributed by atoms with Crippen molar-refractivity contribution in [2.75, 3.05) is 13.7 Å². The van der Waals surface area contributed by atoms with E-state index in [1.54, 1.807) is 7.11 Å². The maximum Gasteiger partial charge on any atom is 0.119 e. The molecule has 1 rings (SSSR count). The molecule has 2 unspecified atom stereocenters. The normalized spacial score (nSPS) is 14.4. The van der Waals surface area contributed by atoms with Crippen LogP contribution in [-0.4, -0.2) is 19.7 Å². The average molecular weight is 235 g/mol. The van der Waals surface area contributed by atoms with E-state index in [9.17, 15) is 0 Å². The van der Waals surface area contributed by atoms with Crippen molar-refractivity contribution in [1.29, 1.82) is 0 Å². The SMILES string of the molecule is CCNC(C)CC(C)Cc1cccc(OC)c1. The van der Waals surface area contributed by atoms with Crippen molar-refractivity contribution in [3.05, 3.63) is 29.8 Å². The molecule has 2 nitrogen and oxygen atoms in total. The molecule has 0 amide bonds. The molecule has 0 aliphatic rings. The van der Waals surface area contributed by atoms with Crippen LogP contribution in [0.3, 0.4) is 0 Å². The van der Waals surface area contributed by atoms with Gasteiger partial charge >= 0.3 is 0 Å². The summed E-state index contributed by atoms with van der Waals surface area (Å²) in [5.41, 5.74) is 1.36. The van der Waals surface area contributed by atoms with Gasteiger partial charge in [-0.25, -0.2) is 0 Å². The summed E-state index contributed by atoms with van der Waals surface area (Å²) in [7, 11) is 1.72. The predicted molar refractivity (Wildman–Crippen MR) is 73.6 cm³/mol. The van der Waals surface area contributed by atoms with E-state index in [1.165, 1.54) is 12.0 Å². The summed E-state index contributed by atoms with van der Waals surface area (Å²) in [6.45, 7) is 7.77. The van der Waals surface area contributed by atoms with Crippen molar-refractivity contribution < 1.29 is 4.74 Å². The lowest BCUT2D eigenvalue weighted by Gasteiger charge is -2.18. The first-order chi connectivity index (χ1) is 8.15. The lowest BCUT2D eigenvalue weighted by Crippen LogP contribution is -2.27. The largest absolute Gasteiger partial charge is 0.497 e. The topological polar surface area (TPSA) is 21.3 Å². The van der Waals surface area contributed by atoms with E-state index in [0.29, 0.717) is 12.0 Å². The minimum atomic E-state index is 0.598. The molecular formula is C15H25NO. The molecule has 0 aliphatic carbocycles. The number of ether oxygens (including phenoxy) is 1. The number of benzene rings is 1. The lowest BCUT2D eigenvalue weighted by molar-refractivity contribution is 0.410. The van der Waals surface area contributed by atoms with Gasteiger partial charge in [0, 0.05) is 6.04 Å². The molecule has 0 fully saturated rings. The van der Waals surface area contributed by atoms with Crippen LogP contribution in [0.25, 0.3) is 0 Å². The van der Waals surface area contributed by atoms with Crippen molar-refractivity contribution in [2.24, 2.45) is 5.92 Å². The number of hydrogen-bond acceptors (Lipinski definition) is 2. The summed E-state index contributed by atoms with van der Waals surface area (Å²) >= 11 is 0. The fourth-order valence-corrected chi connectivity index (χ4v) is 2.32. The number of nitrogens with one attached hydrogen (secondary N) is 1. The summed E-state index contributed by atoms with van der Waals surface area (Å²) < 4.78 is 5.24. The standard InChI is InChI=1S/C15H25NO/c1-5-16-13(3)9-12(2)10-14-7-6-8-15(11-14)17-4/h6-8,11-13,16H,5,9-10H2,1-4H3. The summed E-state index contributed by atoms with van der Waals surface area (Å²) in [6.07, 6.45) is 2.33. The summed E-state index contributed by atoms with van der Waals surface area (Å²) in [5.74, 6) is 1.64. The van der Waals surface area contributed by atoms with Crippen LogP contribution in [0, 0.1) is 5.92 Å². The third kappa shape index (κ3) is 5.22. The van der Waals surface area contributed by atoms with Gasteiger partial charge in [0.25, 0.3) is 0 Å². The Labute approximate surface area is 105 Å². The fraction of sp³-hybridized carbons (Fsp3) is 0.600. The molecule has 0 heterocycles. The molecule has 0 aromatic heterocycles. The molecule has 1 N–H and O–H groups in total. The van der Waals surface area contributed by atoms with Crippen molar-refractivity contribution in [1.82, 2.24) is 5.32 Å². The molecule has 96 valence electrons. The predicted octanol–water partition coefficient (Wildman–Crippen LogP) is 3.26. The summed E-state index contributed by atoms with van der Waals surface area (Å²) in [6, 6.07) is 8.97. The Morgan fingerprint density at radius 2 is 2.06 bits per heavy atom. The number of methoxy groups -OCH3 is 1. The van der Waals surface area contributed by atoms with Crippen LogP contribution in [0.1, 0.15) is 32.8 Å². The first-order valence-corrected chi connectivity index (χ1v) is 6.52. The number of rotatable bonds is 7. The van der Waals surface area contributed by atoms with Gasteiger partial charge in [-0.05, 0) is 49.9 Å². The second kappa shape index (κ2) is 7.33. The van der Waals surface area contributed by atoms with Crippen LogP contribution in [0.4, 0.5) is 0 Å². The van der Waals surface area contributed by atoms with Crippen LogP contribution in [0.2, 0.25) is 0 Å². The minimum absolute atomic E-state index is 0.598. The Morgan fingerprint density at radius 3 is 2.71 bits per heavy atom. The highest BCUT2D eigenvalue weighted by Gasteiger charge is 2.09. The van der Waals surface area contributed by atoms with E-state index >= 15 is 0 Å².